The fraction of sp³-hybridized carbons (Fsp3) is 0.350. The summed E-state index contributed by atoms with van der Waals surface area (Å²) in [5.74, 6) is -0.748. The fourth-order valence-corrected chi connectivity index (χ4v) is 2.84. The average molecular weight is 348 g/mol. The van der Waals surface area contributed by atoms with E-state index in [2.05, 4.69) is 55.6 Å². The van der Waals surface area contributed by atoms with Crippen molar-refractivity contribution < 1.29 is 9.90 Å². The molecule has 0 saturated heterocycles. The summed E-state index contributed by atoms with van der Waals surface area (Å²) in [5, 5.41) is 12.4. The Morgan fingerprint density at radius 3 is 2.38 bits per heavy atom. The molecule has 24 heavy (non-hydrogen) atoms. The minimum absolute atomic E-state index is 0. The van der Waals surface area contributed by atoms with Crippen molar-refractivity contribution in [2.24, 2.45) is 0 Å². The maximum atomic E-state index is 10.7. The predicted octanol–water partition coefficient (Wildman–Crippen LogP) is 4.41. The molecule has 0 unspecified atom stereocenters. The number of halogens is 1. The summed E-state index contributed by atoms with van der Waals surface area (Å²) in [6.45, 7) is 4.36. The van der Waals surface area contributed by atoms with E-state index in [1.54, 1.807) is 0 Å². The van der Waals surface area contributed by atoms with Crippen LogP contribution in [0.4, 0.5) is 0 Å². The minimum Gasteiger partial charge on any atom is -0.481 e. The Morgan fingerprint density at radius 2 is 1.71 bits per heavy atom. The first-order valence-corrected chi connectivity index (χ1v) is 8.15. The van der Waals surface area contributed by atoms with Gasteiger partial charge in [-0.25, -0.2) is 0 Å². The molecule has 0 aliphatic carbocycles. The van der Waals surface area contributed by atoms with Crippen LogP contribution in [0.25, 0.3) is 0 Å². The zero-order chi connectivity index (χ0) is 16.7. The Morgan fingerprint density at radius 1 is 1.04 bits per heavy atom. The van der Waals surface area contributed by atoms with Crippen molar-refractivity contribution in [2.45, 2.75) is 45.2 Å². The number of rotatable bonds is 8. The van der Waals surface area contributed by atoms with E-state index < -0.39 is 5.97 Å². The summed E-state index contributed by atoms with van der Waals surface area (Å²) in [6.07, 6.45) is 1.70. The molecule has 3 nitrogen and oxygen atoms in total. The molecule has 2 aromatic carbocycles. The predicted molar refractivity (Wildman–Crippen MR) is 101 cm³/mol. The molecule has 0 amide bonds. The van der Waals surface area contributed by atoms with Crippen LogP contribution in [0.3, 0.4) is 0 Å². The van der Waals surface area contributed by atoms with E-state index in [0.29, 0.717) is 18.5 Å². The highest BCUT2D eigenvalue weighted by Crippen LogP contribution is 2.14. The van der Waals surface area contributed by atoms with Crippen LogP contribution in [0.5, 0.6) is 0 Å². The molecular weight excluding hydrogens is 322 g/mol. The van der Waals surface area contributed by atoms with E-state index >= 15 is 0 Å². The fourth-order valence-electron chi connectivity index (χ4n) is 2.84. The first-order chi connectivity index (χ1) is 11.0. The van der Waals surface area contributed by atoms with Crippen LogP contribution in [0.15, 0.2) is 54.6 Å². The van der Waals surface area contributed by atoms with Crippen LogP contribution in [0.2, 0.25) is 0 Å². The Hall–Kier alpha value is -1.84. The SMILES string of the molecule is C[C@H](Cc1cccc(CCC(=O)O)c1)N[C@H](C)c1ccccc1.Cl. The summed E-state index contributed by atoms with van der Waals surface area (Å²) in [5.41, 5.74) is 3.62. The van der Waals surface area contributed by atoms with E-state index in [1.807, 2.05) is 18.2 Å². The zero-order valence-electron chi connectivity index (χ0n) is 14.2. The number of carboxylic acids is 1. The van der Waals surface area contributed by atoms with E-state index in [9.17, 15) is 4.79 Å². The highest BCUT2D eigenvalue weighted by molar-refractivity contribution is 5.85. The quantitative estimate of drug-likeness (QED) is 0.743. The Kier molecular flexibility index (Phi) is 8.51. The van der Waals surface area contributed by atoms with Gasteiger partial charge in [-0.05, 0) is 43.4 Å². The maximum Gasteiger partial charge on any atom is 0.303 e. The Balaban J connectivity index is 0.00000288. The summed E-state index contributed by atoms with van der Waals surface area (Å²) in [4.78, 5) is 10.7. The molecule has 4 heteroatoms. The molecule has 0 saturated carbocycles. The minimum atomic E-state index is -0.748. The molecule has 0 fully saturated rings. The van der Waals surface area contributed by atoms with Gasteiger partial charge in [-0.1, -0.05) is 54.6 Å². The molecule has 0 spiro atoms. The van der Waals surface area contributed by atoms with Gasteiger partial charge in [0.25, 0.3) is 0 Å². The molecule has 0 aromatic heterocycles. The van der Waals surface area contributed by atoms with Crippen LogP contribution >= 0.6 is 12.4 Å². The first kappa shape index (κ1) is 20.2. The summed E-state index contributed by atoms with van der Waals surface area (Å²) < 4.78 is 0. The molecule has 130 valence electrons. The number of carbonyl (C=O) groups is 1. The van der Waals surface area contributed by atoms with Gasteiger partial charge < -0.3 is 10.4 Å². The van der Waals surface area contributed by atoms with E-state index in [4.69, 9.17) is 5.11 Å². The van der Waals surface area contributed by atoms with E-state index in [1.165, 1.54) is 11.1 Å². The lowest BCUT2D eigenvalue weighted by molar-refractivity contribution is -0.136. The first-order valence-electron chi connectivity index (χ1n) is 8.15. The van der Waals surface area contributed by atoms with Gasteiger partial charge in [-0.3, -0.25) is 4.79 Å². The van der Waals surface area contributed by atoms with Crippen LogP contribution < -0.4 is 5.32 Å². The number of carboxylic acid groups (broad SMARTS) is 1. The van der Waals surface area contributed by atoms with Crippen LogP contribution in [-0.2, 0) is 17.6 Å². The second kappa shape index (κ2) is 10.1. The van der Waals surface area contributed by atoms with Crippen molar-refractivity contribution in [1.82, 2.24) is 5.32 Å². The van der Waals surface area contributed by atoms with Crippen molar-refractivity contribution in [3.05, 3.63) is 71.3 Å². The van der Waals surface area contributed by atoms with Gasteiger partial charge in [0.15, 0.2) is 0 Å². The van der Waals surface area contributed by atoms with Gasteiger partial charge in [0.05, 0.1) is 0 Å². The molecule has 2 aromatic rings. The topological polar surface area (TPSA) is 49.3 Å². The van der Waals surface area contributed by atoms with Gasteiger partial charge in [-0.2, -0.15) is 0 Å². The third kappa shape index (κ3) is 6.73. The normalized spacial score (nSPS) is 12.9. The molecule has 0 bridgehead atoms. The van der Waals surface area contributed by atoms with Gasteiger partial charge in [0, 0.05) is 18.5 Å². The number of hydrogen-bond acceptors (Lipinski definition) is 2. The third-order valence-corrected chi connectivity index (χ3v) is 3.99. The van der Waals surface area contributed by atoms with Crippen molar-refractivity contribution in [2.75, 3.05) is 0 Å². The molecular formula is C20H26ClNO2. The molecule has 0 heterocycles. The zero-order valence-corrected chi connectivity index (χ0v) is 15.1. The van der Waals surface area contributed by atoms with Crippen molar-refractivity contribution in [1.29, 1.82) is 0 Å². The second-order valence-electron chi connectivity index (χ2n) is 6.12. The Bertz CT molecular complexity index is 631. The third-order valence-electron chi connectivity index (χ3n) is 3.99. The van der Waals surface area contributed by atoms with Crippen molar-refractivity contribution in [3.63, 3.8) is 0 Å². The van der Waals surface area contributed by atoms with Gasteiger partial charge in [0.2, 0.25) is 0 Å². The monoisotopic (exact) mass is 347 g/mol. The van der Waals surface area contributed by atoms with Crippen LogP contribution in [0, 0.1) is 0 Å². The van der Waals surface area contributed by atoms with Crippen molar-refractivity contribution in [3.8, 4) is 0 Å². The van der Waals surface area contributed by atoms with Crippen LogP contribution in [0.1, 0.15) is 43.0 Å². The van der Waals surface area contributed by atoms with E-state index in [0.717, 1.165) is 12.0 Å². The molecule has 0 radical (unpaired) electrons. The molecule has 0 aliphatic rings. The molecule has 2 rings (SSSR count). The van der Waals surface area contributed by atoms with E-state index in [-0.39, 0.29) is 18.8 Å². The van der Waals surface area contributed by atoms with Gasteiger partial charge in [-0.15, -0.1) is 12.4 Å². The van der Waals surface area contributed by atoms with Crippen LogP contribution in [-0.4, -0.2) is 17.1 Å². The lowest BCUT2D eigenvalue weighted by atomic mass is 10.0. The van der Waals surface area contributed by atoms with Gasteiger partial charge in [0.1, 0.15) is 0 Å². The summed E-state index contributed by atoms with van der Waals surface area (Å²) in [6, 6.07) is 19.3. The number of benzene rings is 2. The number of aliphatic carboxylic acids is 1. The summed E-state index contributed by atoms with van der Waals surface area (Å²) in [7, 11) is 0. The number of nitrogens with one attached hydrogen (secondary N) is 1. The number of aryl methyl sites for hydroxylation is 1. The highest BCUT2D eigenvalue weighted by atomic mass is 35.5. The molecule has 0 aliphatic heterocycles. The second-order valence-corrected chi connectivity index (χ2v) is 6.12. The maximum absolute atomic E-state index is 10.7. The molecule has 2 N–H and O–H groups in total. The average Bonchev–Trinajstić information content (AvgIpc) is 2.54. The van der Waals surface area contributed by atoms with Crippen molar-refractivity contribution >= 4 is 18.4 Å². The largest absolute Gasteiger partial charge is 0.481 e. The number of hydrogen-bond donors (Lipinski definition) is 2. The highest BCUT2D eigenvalue weighted by Gasteiger charge is 2.10. The lowest BCUT2D eigenvalue weighted by Gasteiger charge is -2.20. The summed E-state index contributed by atoms with van der Waals surface area (Å²) >= 11 is 0. The molecule has 2 atom stereocenters. The smallest absolute Gasteiger partial charge is 0.303 e. The van der Waals surface area contributed by atoms with Gasteiger partial charge >= 0.3 is 5.97 Å². The Labute approximate surface area is 150 Å². The standard InChI is InChI=1S/C20H25NO2.ClH/c1-15(21-16(2)19-9-4-3-5-10-19)13-18-8-6-7-17(14-18)11-12-20(22)23;/h3-10,14-16,21H,11-13H2,1-2H3,(H,22,23);1H/t15-,16-;/m1./s1. The lowest BCUT2D eigenvalue weighted by Crippen LogP contribution is -2.30.